The molecule has 0 bridgehead atoms. The van der Waals surface area contributed by atoms with E-state index in [1.807, 2.05) is 30.3 Å². The largest absolute Gasteiger partial charge is 0.493 e. The minimum atomic E-state index is -4.48. The lowest BCUT2D eigenvalue weighted by atomic mass is 9.86. The van der Waals surface area contributed by atoms with E-state index in [4.69, 9.17) is 9.47 Å². The number of benzene rings is 2. The first kappa shape index (κ1) is 20.1. The van der Waals surface area contributed by atoms with E-state index in [2.05, 4.69) is 0 Å². The van der Waals surface area contributed by atoms with Gasteiger partial charge in [-0.1, -0.05) is 30.3 Å². The minimum Gasteiger partial charge on any atom is -0.493 e. The third kappa shape index (κ3) is 3.55. The molecule has 3 nitrogen and oxygen atoms in total. The summed E-state index contributed by atoms with van der Waals surface area (Å²) >= 11 is 0. The van der Waals surface area contributed by atoms with Crippen molar-refractivity contribution in [2.75, 3.05) is 14.2 Å². The summed E-state index contributed by atoms with van der Waals surface area (Å²) in [5, 5.41) is 0. The van der Waals surface area contributed by atoms with Crippen molar-refractivity contribution in [1.29, 1.82) is 0 Å². The smallest absolute Gasteiger partial charge is 0.413 e. The molecule has 1 heterocycles. The number of nitrogens with zero attached hydrogens (tertiary/aromatic N) is 1. The quantitative estimate of drug-likeness (QED) is 0.648. The maximum Gasteiger partial charge on any atom is 0.413 e. The second-order valence-corrected chi connectivity index (χ2v) is 7.72. The van der Waals surface area contributed by atoms with Gasteiger partial charge in [0.05, 0.1) is 14.2 Å². The molecule has 0 aliphatic carbocycles. The monoisotopic (exact) mass is 391 g/mol. The Morgan fingerprint density at radius 3 is 1.96 bits per heavy atom. The number of halogens is 3. The lowest BCUT2D eigenvalue weighted by molar-refractivity contribution is -0.187. The molecule has 1 aliphatic heterocycles. The van der Waals surface area contributed by atoms with Gasteiger partial charge >= 0.3 is 6.18 Å². The van der Waals surface area contributed by atoms with Crippen LogP contribution in [0.1, 0.15) is 43.5 Å². The lowest BCUT2D eigenvalue weighted by Gasteiger charge is -2.48. The van der Waals surface area contributed by atoms with Gasteiger partial charge in [-0.05, 0) is 55.7 Å². The summed E-state index contributed by atoms with van der Waals surface area (Å²) < 4.78 is 53.7. The molecule has 0 aromatic heterocycles. The fraction of sp³-hybridized carbons (Fsp3) is 0.364. The van der Waals surface area contributed by atoms with Crippen LogP contribution in [0.15, 0.2) is 42.5 Å². The maximum atomic E-state index is 14.4. The number of hydrogen-bond donors (Lipinski definition) is 0. The fourth-order valence-corrected chi connectivity index (χ4v) is 3.67. The van der Waals surface area contributed by atoms with Gasteiger partial charge in [-0.3, -0.25) is 0 Å². The molecule has 2 aromatic carbocycles. The van der Waals surface area contributed by atoms with Crippen LogP contribution in [0.5, 0.6) is 11.5 Å². The molecule has 2 aromatic rings. The molecule has 6 heteroatoms. The highest BCUT2D eigenvalue weighted by molar-refractivity contribution is 5.85. The molecule has 1 aliphatic rings. The van der Waals surface area contributed by atoms with Crippen LogP contribution < -0.4 is 9.47 Å². The topological polar surface area (TPSA) is 21.7 Å². The van der Waals surface area contributed by atoms with E-state index in [0.29, 0.717) is 17.0 Å². The molecule has 0 amide bonds. The van der Waals surface area contributed by atoms with Crippen LogP contribution in [0, 0.1) is 0 Å². The fourth-order valence-electron chi connectivity index (χ4n) is 3.67. The molecule has 0 saturated heterocycles. The summed E-state index contributed by atoms with van der Waals surface area (Å²) in [6.07, 6.45) is -2.68. The molecule has 3 rings (SSSR count). The third-order valence-corrected chi connectivity index (χ3v) is 4.80. The Morgan fingerprint density at radius 1 is 0.893 bits per heavy atom. The van der Waals surface area contributed by atoms with Crippen LogP contribution in [0.3, 0.4) is 0 Å². The van der Waals surface area contributed by atoms with Crippen LogP contribution in [-0.4, -0.2) is 30.8 Å². The zero-order chi connectivity index (χ0) is 20.7. The van der Waals surface area contributed by atoms with Gasteiger partial charge in [0, 0.05) is 11.2 Å². The van der Waals surface area contributed by atoms with Gasteiger partial charge < -0.3 is 14.4 Å². The summed E-state index contributed by atoms with van der Waals surface area (Å²) in [4.78, 5) is 1.44. The van der Waals surface area contributed by atoms with Crippen LogP contribution in [0.4, 0.5) is 13.2 Å². The zero-order valence-electron chi connectivity index (χ0n) is 16.6. The average Bonchev–Trinajstić information content (AvgIpc) is 2.64. The number of rotatable bonds is 3. The molecule has 28 heavy (non-hydrogen) atoms. The van der Waals surface area contributed by atoms with Crippen molar-refractivity contribution < 1.29 is 22.6 Å². The van der Waals surface area contributed by atoms with Crippen molar-refractivity contribution in [3.8, 4) is 11.5 Å². The second-order valence-electron chi connectivity index (χ2n) is 7.72. The first-order chi connectivity index (χ1) is 13.1. The molecule has 1 atom stereocenters. The highest BCUT2D eigenvalue weighted by Gasteiger charge is 2.51. The van der Waals surface area contributed by atoms with Crippen molar-refractivity contribution >= 4 is 11.8 Å². The van der Waals surface area contributed by atoms with Gasteiger partial charge in [0.25, 0.3) is 0 Å². The molecular weight excluding hydrogens is 367 g/mol. The minimum absolute atomic E-state index is 0.153. The summed E-state index contributed by atoms with van der Waals surface area (Å²) in [5.41, 5.74) is 1.11. The van der Waals surface area contributed by atoms with E-state index in [1.165, 1.54) is 25.2 Å². The Hall–Kier alpha value is -2.63. The Labute approximate surface area is 163 Å². The van der Waals surface area contributed by atoms with E-state index >= 15 is 0 Å². The number of ether oxygens (including phenoxy) is 2. The Kier molecular flexibility index (Phi) is 5.08. The summed E-state index contributed by atoms with van der Waals surface area (Å²) in [6, 6.07) is 10.4. The summed E-state index contributed by atoms with van der Waals surface area (Å²) in [7, 11) is 2.89. The normalized spacial score (nSPS) is 17.1. The predicted molar refractivity (Wildman–Crippen MR) is 104 cm³/mol. The number of hydrogen-bond acceptors (Lipinski definition) is 3. The van der Waals surface area contributed by atoms with E-state index in [-0.39, 0.29) is 11.3 Å². The van der Waals surface area contributed by atoms with Crippen LogP contribution in [0.2, 0.25) is 0 Å². The second kappa shape index (κ2) is 7.08. The van der Waals surface area contributed by atoms with Gasteiger partial charge in [0.15, 0.2) is 17.5 Å². The summed E-state index contributed by atoms with van der Waals surface area (Å²) in [6.45, 7) is 5.36. The van der Waals surface area contributed by atoms with Crippen LogP contribution >= 0.6 is 0 Å². The third-order valence-electron chi connectivity index (χ3n) is 4.80. The van der Waals surface area contributed by atoms with Gasteiger partial charge in [0.1, 0.15) is 0 Å². The highest BCUT2D eigenvalue weighted by atomic mass is 19.4. The molecule has 0 N–H and O–H groups in total. The number of methoxy groups -OCH3 is 2. The average molecular weight is 391 g/mol. The van der Waals surface area contributed by atoms with E-state index in [0.717, 1.165) is 5.56 Å². The van der Waals surface area contributed by atoms with Gasteiger partial charge in [-0.2, -0.15) is 13.2 Å². The van der Waals surface area contributed by atoms with Crippen molar-refractivity contribution in [2.45, 2.75) is 38.5 Å². The Balaban J connectivity index is 2.35. The lowest BCUT2D eigenvalue weighted by Crippen LogP contribution is -2.49. The first-order valence-electron chi connectivity index (χ1n) is 8.97. The highest BCUT2D eigenvalue weighted by Crippen LogP contribution is 2.51. The summed E-state index contributed by atoms with van der Waals surface area (Å²) in [5.74, 6) is 0.677. The predicted octanol–water partition coefficient (Wildman–Crippen LogP) is 5.92. The molecule has 0 radical (unpaired) electrons. The zero-order valence-corrected chi connectivity index (χ0v) is 16.6. The van der Waals surface area contributed by atoms with Gasteiger partial charge in [0.2, 0.25) is 0 Å². The molecule has 0 spiro atoms. The van der Waals surface area contributed by atoms with Crippen molar-refractivity contribution in [3.05, 3.63) is 59.2 Å². The molecular formula is C22H24F3NO2. The van der Waals surface area contributed by atoms with E-state index in [9.17, 15) is 13.2 Å². The van der Waals surface area contributed by atoms with Crippen molar-refractivity contribution in [2.24, 2.45) is 0 Å². The van der Waals surface area contributed by atoms with Crippen LogP contribution in [-0.2, 0) is 0 Å². The van der Waals surface area contributed by atoms with E-state index < -0.39 is 17.8 Å². The Morgan fingerprint density at radius 2 is 1.46 bits per heavy atom. The maximum absolute atomic E-state index is 14.4. The van der Waals surface area contributed by atoms with Gasteiger partial charge in [-0.25, -0.2) is 0 Å². The van der Waals surface area contributed by atoms with Crippen LogP contribution in [0.25, 0.3) is 11.8 Å². The van der Waals surface area contributed by atoms with Gasteiger partial charge in [-0.15, -0.1) is 0 Å². The molecule has 0 saturated carbocycles. The SMILES string of the molecule is COc1cc2c(cc1OC)C(C(F)(F)F)N(C(C)(C)C)C(c1ccccc1)=C2. The molecule has 0 fully saturated rings. The number of fused-ring (bicyclic) bond motifs is 1. The number of alkyl halides is 3. The first-order valence-corrected chi connectivity index (χ1v) is 8.97. The van der Waals surface area contributed by atoms with E-state index in [1.54, 1.807) is 32.9 Å². The van der Waals surface area contributed by atoms with Crippen molar-refractivity contribution in [1.82, 2.24) is 4.90 Å². The molecule has 150 valence electrons. The Bertz CT molecular complexity index is 883. The van der Waals surface area contributed by atoms with Crippen molar-refractivity contribution in [3.63, 3.8) is 0 Å². The standard InChI is InChI=1S/C22H24F3NO2/c1-21(2,3)26-17(14-9-7-6-8-10-14)11-15-12-18(27-4)19(28-5)13-16(15)20(26)22(23,24)25/h6-13,20H,1-5H3. The molecule has 1 unspecified atom stereocenters.